The molecule has 0 aliphatic rings. The molecule has 2 atom stereocenters. The molecule has 1 aromatic heterocycles. The number of nitrogens with zero attached hydrogens (tertiary/aromatic N) is 3. The van der Waals surface area contributed by atoms with Gasteiger partial charge in [-0.2, -0.15) is 0 Å². The first-order chi connectivity index (χ1) is 26.8. The molecule has 4 aromatic carbocycles. The Labute approximate surface area is 347 Å². The maximum absolute atomic E-state index is 16.4. The molecule has 0 saturated heterocycles. The van der Waals surface area contributed by atoms with Crippen LogP contribution in [0.3, 0.4) is 0 Å². The largest absolute Gasteiger partial charge is 0.454 e. The van der Waals surface area contributed by atoms with Crippen molar-refractivity contribution in [1.82, 2.24) is 3.97 Å². The van der Waals surface area contributed by atoms with Crippen molar-refractivity contribution in [2.45, 2.75) is 43.2 Å². The van der Waals surface area contributed by atoms with Crippen LogP contribution in [0.4, 0.5) is 8.78 Å². The number of allylic oxidation sites excluding steroid dienone is 2. The third-order valence-corrected chi connectivity index (χ3v) is 11.9. The summed E-state index contributed by atoms with van der Waals surface area (Å²) in [4.78, 5) is 4.96. The van der Waals surface area contributed by atoms with Crippen LogP contribution in [0.25, 0.3) is 10.9 Å². The van der Waals surface area contributed by atoms with E-state index in [-0.39, 0.29) is 59.2 Å². The SMILES string of the molecule is CC(C)(CO)OCCC(N=C(/C=C\N)c1cc(Oc2c(F)cc3c(ccn3S(=O)(=O)c3ccccc3)c2CC(=C/N)/C=N/PI)ccc1F)c1cccc(Br)c1. The number of aliphatic hydroxyl groups excluding tert-OH is 1. The Balaban J connectivity index is 1.61. The first-order valence-corrected chi connectivity index (χ1v) is 23.5. The minimum Gasteiger partial charge on any atom is -0.454 e. The molecule has 5 rings (SSSR count). The van der Waals surface area contributed by atoms with Crippen LogP contribution in [0.1, 0.15) is 43.0 Å². The minimum atomic E-state index is -4.10. The summed E-state index contributed by atoms with van der Waals surface area (Å²) < 4.78 is 77.9. The van der Waals surface area contributed by atoms with Gasteiger partial charge in [-0.25, -0.2) is 21.2 Å². The van der Waals surface area contributed by atoms with Crippen LogP contribution in [0.5, 0.6) is 11.5 Å². The summed E-state index contributed by atoms with van der Waals surface area (Å²) in [6.07, 6.45) is 7.59. The standard InChI is InChI=1S/C40H40BrF2IN5O5PS/c1-40(2,25-50)53-18-15-36(27-7-6-8-28(41)20-27)48-37(13-16-45)33-21-29(11-12-34(33)42)54-39-32(19-26(23-46)24-47-55-44)31-14-17-49(38(31)22-35(39)43)56(51,52)30-9-4-3-5-10-30/h3-14,16-17,20-24,36,50,55H,15,18-19,25,45-46H2,1-2H3/b16-13-,26-23-,47-24+,48-37?. The Bertz CT molecular complexity index is 2410. The normalized spacial score (nSPS) is 13.8. The van der Waals surface area contributed by atoms with Gasteiger partial charge in [-0.15, -0.1) is 0 Å². The Morgan fingerprint density at radius 2 is 1.82 bits per heavy atom. The van der Waals surface area contributed by atoms with Crippen molar-refractivity contribution < 1.29 is 31.8 Å². The Hall–Kier alpha value is -3.99. The van der Waals surface area contributed by atoms with Crippen LogP contribution in [0, 0.1) is 11.6 Å². The molecular formula is C40H40BrF2IN5O5PS. The number of aromatic nitrogens is 1. The lowest BCUT2D eigenvalue weighted by molar-refractivity contribution is -0.0555. The number of benzene rings is 4. The van der Waals surface area contributed by atoms with Crippen molar-refractivity contribution in [2.75, 3.05) is 13.2 Å². The predicted molar refractivity (Wildman–Crippen MR) is 233 cm³/mol. The highest BCUT2D eigenvalue weighted by atomic mass is 127. The summed E-state index contributed by atoms with van der Waals surface area (Å²) in [5, 5.41) is 10.1. The summed E-state index contributed by atoms with van der Waals surface area (Å²) >= 11 is 5.62. The highest BCUT2D eigenvalue weighted by Crippen LogP contribution is 2.38. The van der Waals surface area contributed by atoms with Gasteiger partial charge in [0.05, 0.1) is 40.7 Å². The van der Waals surface area contributed by atoms with Gasteiger partial charge < -0.3 is 26.0 Å². The highest BCUT2D eigenvalue weighted by molar-refractivity contribution is 14.2. The topological polar surface area (TPSA) is 155 Å². The zero-order chi connectivity index (χ0) is 40.5. The highest BCUT2D eigenvalue weighted by Gasteiger charge is 2.25. The lowest BCUT2D eigenvalue weighted by atomic mass is 10.0. The van der Waals surface area contributed by atoms with E-state index in [0.717, 1.165) is 20.1 Å². The number of aliphatic imine (C=N–C) groups is 1. The summed E-state index contributed by atoms with van der Waals surface area (Å²) in [5.41, 5.74) is 13.0. The number of nitrogens with two attached hydrogens (primary N) is 2. The van der Waals surface area contributed by atoms with Crippen molar-refractivity contribution in [3.63, 3.8) is 0 Å². The molecular weight excluding hydrogens is 938 g/mol. The average molecular weight is 979 g/mol. The molecule has 0 aliphatic carbocycles. The smallest absolute Gasteiger partial charge is 0.268 e. The third-order valence-electron chi connectivity index (χ3n) is 8.62. The number of rotatable bonds is 17. The molecule has 0 aliphatic heterocycles. The second kappa shape index (κ2) is 19.4. The lowest BCUT2D eigenvalue weighted by Gasteiger charge is -2.24. The molecule has 0 amide bonds. The van der Waals surface area contributed by atoms with Crippen molar-refractivity contribution >= 4 is 77.2 Å². The summed E-state index contributed by atoms with van der Waals surface area (Å²) in [7, 11) is -4.10. The number of fused-ring (bicyclic) bond motifs is 1. The first kappa shape index (κ1) is 43.1. The van der Waals surface area contributed by atoms with Gasteiger partial charge in [-0.3, -0.25) is 9.76 Å². The van der Waals surface area contributed by atoms with Crippen molar-refractivity contribution in [1.29, 1.82) is 0 Å². The number of hydrogen-bond donors (Lipinski definition) is 3. The third kappa shape index (κ3) is 10.5. The van der Waals surface area contributed by atoms with Gasteiger partial charge in [-0.05, 0) is 120 Å². The van der Waals surface area contributed by atoms with Crippen LogP contribution >= 0.6 is 44.3 Å². The molecule has 2 unspecified atom stereocenters. The fraction of sp³-hybridized carbons (Fsp3) is 0.200. The van der Waals surface area contributed by atoms with E-state index in [1.165, 1.54) is 55.0 Å². The average Bonchev–Trinajstić information content (AvgIpc) is 3.62. The molecule has 0 fully saturated rings. The maximum atomic E-state index is 16.4. The van der Waals surface area contributed by atoms with E-state index in [1.54, 1.807) is 44.3 Å². The zero-order valence-electron chi connectivity index (χ0n) is 30.4. The number of hydrogen-bond acceptors (Lipinski definition) is 9. The van der Waals surface area contributed by atoms with Crippen LogP contribution in [0.2, 0.25) is 0 Å². The van der Waals surface area contributed by atoms with Crippen LogP contribution in [0.15, 0.2) is 134 Å². The molecule has 16 heteroatoms. The van der Waals surface area contributed by atoms with Gasteiger partial charge in [0.25, 0.3) is 10.0 Å². The maximum Gasteiger partial charge on any atom is 0.268 e. The number of halogens is 4. The van der Waals surface area contributed by atoms with E-state index < -0.39 is 33.3 Å². The molecule has 10 nitrogen and oxygen atoms in total. The van der Waals surface area contributed by atoms with Gasteiger partial charge in [0, 0.05) is 52.5 Å². The molecule has 0 radical (unpaired) electrons. The molecule has 0 spiro atoms. The summed E-state index contributed by atoms with van der Waals surface area (Å²) in [6.45, 7) is 3.60. The van der Waals surface area contributed by atoms with E-state index in [2.05, 4.69) is 42.7 Å². The Morgan fingerprint density at radius 1 is 1.05 bits per heavy atom. The van der Waals surface area contributed by atoms with Gasteiger partial charge in [0.1, 0.15) is 11.6 Å². The molecule has 1 heterocycles. The molecule has 5 N–H and O–H groups in total. The van der Waals surface area contributed by atoms with Crippen LogP contribution in [-0.2, 0) is 21.2 Å². The van der Waals surface area contributed by atoms with Crippen molar-refractivity contribution in [2.24, 2.45) is 21.2 Å². The molecule has 5 aromatic rings. The van der Waals surface area contributed by atoms with Crippen molar-refractivity contribution in [3.8, 4) is 11.5 Å². The molecule has 56 heavy (non-hydrogen) atoms. The number of ether oxygens (including phenoxy) is 2. The second-order valence-corrected chi connectivity index (χ2v) is 17.6. The number of aliphatic hydroxyl groups is 1. The van der Waals surface area contributed by atoms with Gasteiger partial charge in [0.2, 0.25) is 0 Å². The van der Waals surface area contributed by atoms with Gasteiger partial charge in [0.15, 0.2) is 11.6 Å². The predicted octanol–water partition coefficient (Wildman–Crippen LogP) is 9.29. The minimum absolute atomic E-state index is 0.0280. The monoisotopic (exact) mass is 977 g/mol. The fourth-order valence-corrected chi connectivity index (χ4v) is 8.20. The Morgan fingerprint density at radius 3 is 2.50 bits per heavy atom. The van der Waals surface area contributed by atoms with Crippen LogP contribution < -0.4 is 16.2 Å². The Kier molecular flexibility index (Phi) is 15.0. The van der Waals surface area contributed by atoms with Crippen LogP contribution in [-0.4, -0.2) is 48.2 Å². The van der Waals surface area contributed by atoms with E-state index in [4.69, 9.17) is 25.9 Å². The summed E-state index contributed by atoms with van der Waals surface area (Å²) in [5.74, 6) is -1.63. The van der Waals surface area contributed by atoms with E-state index >= 15 is 8.78 Å². The van der Waals surface area contributed by atoms with E-state index in [1.807, 2.05) is 24.3 Å². The van der Waals surface area contributed by atoms with E-state index in [9.17, 15) is 13.5 Å². The zero-order valence-corrected chi connectivity index (χ0v) is 35.9. The van der Waals surface area contributed by atoms with Gasteiger partial charge in [-0.1, -0.05) is 46.3 Å². The molecule has 294 valence electrons. The second-order valence-electron chi connectivity index (χ2n) is 13.0. The molecule has 0 saturated carbocycles. The lowest BCUT2D eigenvalue weighted by Crippen LogP contribution is -2.29. The van der Waals surface area contributed by atoms with Crippen molar-refractivity contribution in [3.05, 3.63) is 148 Å². The first-order valence-electron chi connectivity index (χ1n) is 17.2. The fourth-order valence-electron chi connectivity index (χ4n) is 5.79. The van der Waals surface area contributed by atoms with E-state index in [0.29, 0.717) is 22.9 Å². The molecule has 0 bridgehead atoms. The summed E-state index contributed by atoms with van der Waals surface area (Å²) in [6, 6.07) is 21.5. The van der Waals surface area contributed by atoms with Gasteiger partial charge >= 0.3 is 0 Å². The quantitative estimate of drug-likeness (QED) is 0.0477.